The van der Waals surface area contributed by atoms with Gasteiger partial charge in [0.05, 0.1) is 0 Å². The maximum Gasteiger partial charge on any atom is 0.0477 e. The molecule has 2 heteroatoms. The van der Waals surface area contributed by atoms with Gasteiger partial charge < -0.3 is 4.90 Å². The van der Waals surface area contributed by atoms with Crippen LogP contribution in [0.1, 0.15) is 26.7 Å². The van der Waals surface area contributed by atoms with Crippen molar-refractivity contribution in [2.45, 2.75) is 26.7 Å². The third-order valence-corrected chi connectivity index (χ3v) is 5.41. The first-order valence-electron chi connectivity index (χ1n) is 10.6. The largest absolute Gasteiger partial charge is 0.371 e. The fourth-order valence-electron chi connectivity index (χ4n) is 4.17. The minimum atomic E-state index is 1.05. The molecule has 0 N–H and O–H groups in total. The van der Waals surface area contributed by atoms with Gasteiger partial charge in [0, 0.05) is 42.3 Å². The summed E-state index contributed by atoms with van der Waals surface area (Å²) in [7, 11) is 0. The summed E-state index contributed by atoms with van der Waals surface area (Å²) in [5.74, 6) is 0. The average Bonchev–Trinajstić information content (AvgIpc) is 2.79. The monoisotopic (exact) mass is 380 g/mol. The zero-order valence-corrected chi connectivity index (χ0v) is 17.3. The van der Waals surface area contributed by atoms with Crippen molar-refractivity contribution >= 4 is 16.5 Å². The summed E-state index contributed by atoms with van der Waals surface area (Å²) < 4.78 is 0. The molecule has 0 unspecified atom stereocenters. The van der Waals surface area contributed by atoms with Crippen molar-refractivity contribution in [3.8, 4) is 22.3 Å². The first-order chi connectivity index (χ1) is 14.3. The van der Waals surface area contributed by atoms with Crippen LogP contribution in [0.25, 0.3) is 33.0 Å². The number of nitrogens with zero attached hydrogens (tertiary/aromatic N) is 2. The van der Waals surface area contributed by atoms with Crippen LogP contribution in [0.2, 0.25) is 0 Å². The van der Waals surface area contributed by atoms with E-state index in [0.29, 0.717) is 0 Å². The second-order valence-corrected chi connectivity index (χ2v) is 7.46. The Kier molecular flexibility index (Phi) is 5.90. The second kappa shape index (κ2) is 8.91. The number of hydrogen-bond acceptors (Lipinski definition) is 2. The molecule has 0 fully saturated rings. The highest BCUT2D eigenvalue weighted by Gasteiger charge is 2.18. The molecule has 3 aromatic carbocycles. The van der Waals surface area contributed by atoms with Gasteiger partial charge in [-0.2, -0.15) is 0 Å². The van der Waals surface area contributed by atoms with Crippen LogP contribution in [0.3, 0.4) is 0 Å². The first kappa shape index (κ1) is 19.2. The summed E-state index contributed by atoms with van der Waals surface area (Å²) >= 11 is 0. The zero-order valence-electron chi connectivity index (χ0n) is 17.3. The topological polar surface area (TPSA) is 16.1 Å². The third-order valence-electron chi connectivity index (χ3n) is 5.41. The lowest BCUT2D eigenvalue weighted by atomic mass is 9.89. The van der Waals surface area contributed by atoms with Gasteiger partial charge >= 0.3 is 0 Å². The van der Waals surface area contributed by atoms with Crippen LogP contribution < -0.4 is 4.90 Å². The minimum Gasteiger partial charge on any atom is -0.371 e. The molecule has 146 valence electrons. The summed E-state index contributed by atoms with van der Waals surface area (Å²) in [6, 6.07) is 26.0. The quantitative estimate of drug-likeness (QED) is 0.337. The van der Waals surface area contributed by atoms with Crippen molar-refractivity contribution in [3.05, 3.63) is 85.2 Å². The Morgan fingerprint density at radius 1 is 0.724 bits per heavy atom. The van der Waals surface area contributed by atoms with Gasteiger partial charge in [-0.05, 0) is 40.8 Å². The summed E-state index contributed by atoms with van der Waals surface area (Å²) in [5.41, 5.74) is 6.25. The van der Waals surface area contributed by atoms with E-state index in [1.54, 1.807) is 0 Å². The molecule has 0 aliphatic rings. The van der Waals surface area contributed by atoms with Gasteiger partial charge in [0.15, 0.2) is 0 Å². The Morgan fingerprint density at radius 3 is 2.21 bits per heavy atom. The Hall–Kier alpha value is -3.13. The fourth-order valence-corrected chi connectivity index (χ4v) is 4.17. The van der Waals surface area contributed by atoms with Crippen LogP contribution in [-0.4, -0.2) is 18.1 Å². The predicted molar refractivity (Wildman–Crippen MR) is 125 cm³/mol. The third kappa shape index (κ3) is 3.88. The minimum absolute atomic E-state index is 1.05. The normalized spacial score (nSPS) is 11.0. The van der Waals surface area contributed by atoms with E-state index in [2.05, 4.69) is 96.5 Å². The van der Waals surface area contributed by atoms with E-state index in [4.69, 9.17) is 0 Å². The Bertz CT molecular complexity index is 1080. The molecule has 1 heterocycles. The van der Waals surface area contributed by atoms with Crippen LogP contribution in [0.15, 0.2) is 85.2 Å². The maximum absolute atomic E-state index is 4.54. The fraction of sp³-hybridized carbons (Fsp3) is 0.222. The lowest BCUT2D eigenvalue weighted by molar-refractivity contribution is 0.745. The smallest absolute Gasteiger partial charge is 0.0477 e. The Balaban J connectivity index is 2.01. The molecule has 0 bridgehead atoms. The molecule has 4 rings (SSSR count). The summed E-state index contributed by atoms with van der Waals surface area (Å²) in [4.78, 5) is 7.05. The van der Waals surface area contributed by atoms with Crippen molar-refractivity contribution in [1.82, 2.24) is 4.98 Å². The lowest BCUT2D eigenvalue weighted by Crippen LogP contribution is -2.25. The SMILES string of the molecule is CCCN(CCC)c1ccncc1-c1c(-c2ccccc2)ccc2ccccc12. The molecule has 0 aliphatic heterocycles. The van der Waals surface area contributed by atoms with Crippen LogP contribution in [0.4, 0.5) is 5.69 Å². The van der Waals surface area contributed by atoms with E-state index in [9.17, 15) is 0 Å². The maximum atomic E-state index is 4.54. The standard InChI is InChI=1S/C27H28N2/c1-3-18-29(19-4-2)26-16-17-28-20-25(26)27-23-13-9-8-12-22(23)14-15-24(27)21-10-6-5-7-11-21/h5-17,20H,3-4,18-19H2,1-2H3. The van der Waals surface area contributed by atoms with Gasteiger partial charge in [-0.3, -0.25) is 4.98 Å². The van der Waals surface area contributed by atoms with Crippen LogP contribution in [-0.2, 0) is 0 Å². The summed E-state index contributed by atoms with van der Waals surface area (Å²) in [6.07, 6.45) is 6.22. The number of hydrogen-bond donors (Lipinski definition) is 0. The Morgan fingerprint density at radius 2 is 1.45 bits per heavy atom. The summed E-state index contributed by atoms with van der Waals surface area (Å²) in [5, 5.41) is 2.53. The van der Waals surface area contributed by atoms with Gasteiger partial charge in [0.1, 0.15) is 0 Å². The molecular weight excluding hydrogens is 352 g/mol. The molecule has 2 nitrogen and oxygen atoms in total. The van der Waals surface area contributed by atoms with Crippen molar-refractivity contribution in [1.29, 1.82) is 0 Å². The van der Waals surface area contributed by atoms with E-state index < -0.39 is 0 Å². The molecule has 4 aromatic rings. The highest BCUT2D eigenvalue weighted by atomic mass is 15.1. The van der Waals surface area contributed by atoms with Crippen molar-refractivity contribution in [2.24, 2.45) is 0 Å². The molecule has 0 spiro atoms. The van der Waals surface area contributed by atoms with Gasteiger partial charge in [-0.1, -0.05) is 80.6 Å². The molecule has 0 amide bonds. The number of rotatable bonds is 7. The van der Waals surface area contributed by atoms with Crippen LogP contribution in [0.5, 0.6) is 0 Å². The lowest BCUT2D eigenvalue weighted by Gasteiger charge is -2.27. The molecule has 0 saturated heterocycles. The van der Waals surface area contributed by atoms with Crippen molar-refractivity contribution < 1.29 is 0 Å². The number of pyridine rings is 1. The van der Waals surface area contributed by atoms with E-state index in [-0.39, 0.29) is 0 Å². The van der Waals surface area contributed by atoms with Crippen molar-refractivity contribution in [2.75, 3.05) is 18.0 Å². The van der Waals surface area contributed by atoms with Gasteiger partial charge in [-0.15, -0.1) is 0 Å². The molecular formula is C27H28N2. The zero-order chi connectivity index (χ0) is 20.1. The average molecular weight is 381 g/mol. The molecule has 0 aliphatic carbocycles. The van der Waals surface area contributed by atoms with E-state index in [1.807, 2.05) is 12.4 Å². The number of aromatic nitrogens is 1. The first-order valence-corrected chi connectivity index (χ1v) is 10.6. The van der Waals surface area contributed by atoms with Crippen molar-refractivity contribution in [3.63, 3.8) is 0 Å². The number of anilines is 1. The molecule has 0 radical (unpaired) electrons. The van der Waals surface area contributed by atoms with Crippen LogP contribution in [0, 0.1) is 0 Å². The highest BCUT2D eigenvalue weighted by molar-refractivity contribution is 6.06. The predicted octanol–water partition coefficient (Wildman–Crippen LogP) is 7.20. The van der Waals surface area contributed by atoms with Crippen LogP contribution >= 0.6 is 0 Å². The molecule has 0 atom stereocenters. The van der Waals surface area contributed by atoms with Gasteiger partial charge in [-0.25, -0.2) is 0 Å². The number of fused-ring (bicyclic) bond motifs is 1. The summed E-state index contributed by atoms with van der Waals surface area (Å²) in [6.45, 7) is 6.60. The molecule has 0 saturated carbocycles. The highest BCUT2D eigenvalue weighted by Crippen LogP contribution is 2.41. The Labute approximate surface area is 173 Å². The molecule has 29 heavy (non-hydrogen) atoms. The van der Waals surface area contributed by atoms with Gasteiger partial charge in [0.2, 0.25) is 0 Å². The van der Waals surface area contributed by atoms with E-state index >= 15 is 0 Å². The number of benzene rings is 3. The van der Waals surface area contributed by atoms with E-state index in [0.717, 1.165) is 25.9 Å². The molecule has 1 aromatic heterocycles. The van der Waals surface area contributed by atoms with Gasteiger partial charge in [0.25, 0.3) is 0 Å². The second-order valence-electron chi connectivity index (χ2n) is 7.46. The van der Waals surface area contributed by atoms with E-state index in [1.165, 1.54) is 38.7 Å².